The largest absolute Gasteiger partial charge is 0.508 e. The molecule has 2 aromatic rings. The molecule has 0 amide bonds. The Balaban J connectivity index is 2.20. The number of ketones is 1. The molecule has 3 nitrogen and oxygen atoms in total. The van der Waals surface area contributed by atoms with Gasteiger partial charge >= 0.3 is 0 Å². The molecule has 2 aromatic carbocycles. The second-order valence-corrected chi connectivity index (χ2v) is 4.84. The normalized spacial score (nSPS) is 13.8. The summed E-state index contributed by atoms with van der Waals surface area (Å²) >= 11 is 0. The molecule has 1 unspecified atom stereocenters. The van der Waals surface area contributed by atoms with Crippen LogP contribution in [-0.2, 0) is 16.8 Å². The number of hydrogen-bond acceptors (Lipinski definition) is 3. The molecule has 98 valence electrons. The van der Waals surface area contributed by atoms with E-state index in [0.29, 0.717) is 0 Å². The SMILES string of the molecule is CC(N)(C(=O)Cc1cccc(O)c1)c1ccccc1. The second kappa shape index (κ2) is 5.24. The number of carbonyl (C=O) groups excluding carboxylic acids is 1. The minimum absolute atomic E-state index is 0.0794. The monoisotopic (exact) mass is 255 g/mol. The molecule has 0 bridgehead atoms. The third-order valence-electron chi connectivity index (χ3n) is 3.23. The van der Waals surface area contributed by atoms with Gasteiger partial charge in [0.1, 0.15) is 5.75 Å². The molecule has 0 aliphatic rings. The number of aromatic hydroxyl groups is 1. The Bertz CT molecular complexity index is 576. The lowest BCUT2D eigenvalue weighted by Crippen LogP contribution is -2.42. The van der Waals surface area contributed by atoms with Crippen molar-refractivity contribution in [2.24, 2.45) is 5.73 Å². The summed E-state index contributed by atoms with van der Waals surface area (Å²) in [6, 6.07) is 16.0. The molecule has 0 fully saturated rings. The highest BCUT2D eigenvalue weighted by atomic mass is 16.3. The van der Waals surface area contributed by atoms with Crippen molar-refractivity contribution in [3.63, 3.8) is 0 Å². The van der Waals surface area contributed by atoms with Gasteiger partial charge < -0.3 is 10.8 Å². The van der Waals surface area contributed by atoms with Crippen LogP contribution in [0.4, 0.5) is 0 Å². The van der Waals surface area contributed by atoms with E-state index in [-0.39, 0.29) is 18.0 Å². The first-order chi connectivity index (χ1) is 9.00. The summed E-state index contributed by atoms with van der Waals surface area (Å²) in [4.78, 5) is 12.3. The van der Waals surface area contributed by atoms with Gasteiger partial charge in [-0.3, -0.25) is 4.79 Å². The van der Waals surface area contributed by atoms with Crippen LogP contribution in [0.25, 0.3) is 0 Å². The second-order valence-electron chi connectivity index (χ2n) is 4.84. The summed E-state index contributed by atoms with van der Waals surface area (Å²) < 4.78 is 0. The van der Waals surface area contributed by atoms with Crippen molar-refractivity contribution in [2.75, 3.05) is 0 Å². The molecular weight excluding hydrogens is 238 g/mol. The lowest BCUT2D eigenvalue weighted by Gasteiger charge is -2.23. The Morgan fingerprint density at radius 2 is 1.84 bits per heavy atom. The average Bonchev–Trinajstić information content (AvgIpc) is 2.39. The zero-order valence-electron chi connectivity index (χ0n) is 10.8. The van der Waals surface area contributed by atoms with E-state index in [4.69, 9.17) is 5.73 Å². The van der Waals surface area contributed by atoms with Gasteiger partial charge in [0.2, 0.25) is 0 Å². The third kappa shape index (κ3) is 3.01. The minimum atomic E-state index is -1.02. The first-order valence-electron chi connectivity index (χ1n) is 6.16. The number of nitrogens with two attached hydrogens (primary N) is 1. The molecule has 3 heteroatoms. The molecule has 0 spiro atoms. The highest BCUT2D eigenvalue weighted by molar-refractivity contribution is 5.90. The van der Waals surface area contributed by atoms with E-state index >= 15 is 0 Å². The maximum absolute atomic E-state index is 12.3. The van der Waals surface area contributed by atoms with E-state index in [9.17, 15) is 9.90 Å². The molecule has 19 heavy (non-hydrogen) atoms. The van der Waals surface area contributed by atoms with Crippen LogP contribution in [0.15, 0.2) is 54.6 Å². The van der Waals surface area contributed by atoms with Gasteiger partial charge in [-0.05, 0) is 30.2 Å². The average molecular weight is 255 g/mol. The summed E-state index contributed by atoms with van der Waals surface area (Å²) in [6.45, 7) is 1.72. The van der Waals surface area contributed by atoms with Crippen LogP contribution < -0.4 is 5.73 Å². The highest BCUT2D eigenvalue weighted by Crippen LogP contribution is 2.21. The van der Waals surface area contributed by atoms with E-state index in [1.807, 2.05) is 30.3 Å². The van der Waals surface area contributed by atoms with Crippen LogP contribution >= 0.6 is 0 Å². The summed E-state index contributed by atoms with van der Waals surface area (Å²) in [5, 5.41) is 9.40. The Labute approximate surface area is 112 Å². The molecule has 0 aromatic heterocycles. The predicted octanol–water partition coefficient (Wildman–Crippen LogP) is 2.38. The minimum Gasteiger partial charge on any atom is -0.508 e. The lowest BCUT2D eigenvalue weighted by atomic mass is 9.86. The van der Waals surface area contributed by atoms with E-state index in [2.05, 4.69) is 0 Å². The predicted molar refractivity (Wildman–Crippen MR) is 74.8 cm³/mol. The number of phenols is 1. The number of carbonyl (C=O) groups is 1. The Hall–Kier alpha value is -2.13. The Kier molecular flexibility index (Phi) is 3.67. The fraction of sp³-hybridized carbons (Fsp3) is 0.188. The van der Waals surface area contributed by atoms with Gasteiger partial charge in [0, 0.05) is 6.42 Å². The molecule has 0 saturated carbocycles. The van der Waals surface area contributed by atoms with E-state index in [1.165, 1.54) is 0 Å². The van der Waals surface area contributed by atoms with Gasteiger partial charge in [0.15, 0.2) is 5.78 Å². The number of Topliss-reactive ketones (excluding diaryl/α,β-unsaturated/α-hetero) is 1. The molecule has 1 atom stereocenters. The zero-order chi connectivity index (χ0) is 13.9. The van der Waals surface area contributed by atoms with Crippen LogP contribution in [0.3, 0.4) is 0 Å². The van der Waals surface area contributed by atoms with Gasteiger partial charge in [-0.15, -0.1) is 0 Å². The van der Waals surface area contributed by atoms with Gasteiger partial charge in [-0.25, -0.2) is 0 Å². The van der Waals surface area contributed by atoms with E-state index < -0.39 is 5.54 Å². The van der Waals surface area contributed by atoms with Gasteiger partial charge in [-0.1, -0.05) is 42.5 Å². The molecule has 0 aliphatic heterocycles. The van der Waals surface area contributed by atoms with Gasteiger partial charge in [0.25, 0.3) is 0 Å². The smallest absolute Gasteiger partial charge is 0.161 e. The summed E-state index contributed by atoms with van der Waals surface area (Å²) in [6.07, 6.45) is 0.205. The topological polar surface area (TPSA) is 63.3 Å². The maximum atomic E-state index is 12.3. The van der Waals surface area contributed by atoms with Crippen molar-refractivity contribution < 1.29 is 9.90 Å². The highest BCUT2D eigenvalue weighted by Gasteiger charge is 2.29. The molecule has 3 N–H and O–H groups in total. The number of phenolic OH excluding ortho intramolecular Hbond substituents is 1. The molecule has 0 aliphatic carbocycles. The van der Waals surface area contributed by atoms with Gasteiger partial charge in [-0.2, -0.15) is 0 Å². The standard InChI is InChI=1S/C16H17NO2/c1-16(17,13-7-3-2-4-8-13)15(19)11-12-6-5-9-14(18)10-12/h2-10,18H,11,17H2,1H3. The van der Waals surface area contributed by atoms with Crippen LogP contribution in [0.2, 0.25) is 0 Å². The van der Waals surface area contributed by atoms with Crippen LogP contribution in [0.1, 0.15) is 18.1 Å². The van der Waals surface area contributed by atoms with Crippen molar-refractivity contribution in [3.05, 3.63) is 65.7 Å². The Morgan fingerprint density at radius 3 is 2.47 bits per heavy atom. The quantitative estimate of drug-likeness (QED) is 0.881. The third-order valence-corrected chi connectivity index (χ3v) is 3.23. The first-order valence-corrected chi connectivity index (χ1v) is 6.16. The Morgan fingerprint density at radius 1 is 1.16 bits per heavy atom. The number of benzene rings is 2. The van der Waals surface area contributed by atoms with Crippen LogP contribution in [-0.4, -0.2) is 10.9 Å². The molecular formula is C16H17NO2. The zero-order valence-corrected chi connectivity index (χ0v) is 10.8. The first kappa shape index (κ1) is 13.3. The maximum Gasteiger partial charge on any atom is 0.161 e. The van der Waals surface area contributed by atoms with Crippen LogP contribution in [0.5, 0.6) is 5.75 Å². The fourth-order valence-corrected chi connectivity index (χ4v) is 1.98. The summed E-state index contributed by atoms with van der Waals surface area (Å²) in [7, 11) is 0. The van der Waals surface area contributed by atoms with E-state index in [1.54, 1.807) is 31.2 Å². The number of hydrogen-bond donors (Lipinski definition) is 2. The summed E-state index contributed by atoms with van der Waals surface area (Å²) in [5.74, 6) is 0.0769. The molecule has 2 rings (SSSR count). The van der Waals surface area contributed by atoms with Crippen molar-refractivity contribution in [1.82, 2.24) is 0 Å². The van der Waals surface area contributed by atoms with E-state index in [0.717, 1.165) is 11.1 Å². The lowest BCUT2D eigenvalue weighted by molar-refractivity contribution is -0.123. The fourth-order valence-electron chi connectivity index (χ4n) is 1.98. The number of rotatable bonds is 4. The van der Waals surface area contributed by atoms with Crippen molar-refractivity contribution in [2.45, 2.75) is 18.9 Å². The van der Waals surface area contributed by atoms with Gasteiger partial charge in [0.05, 0.1) is 5.54 Å². The molecule has 0 saturated heterocycles. The van der Waals surface area contributed by atoms with Crippen molar-refractivity contribution >= 4 is 5.78 Å². The van der Waals surface area contributed by atoms with Crippen LogP contribution in [0, 0.1) is 0 Å². The molecule has 0 heterocycles. The van der Waals surface area contributed by atoms with Crippen molar-refractivity contribution in [3.8, 4) is 5.75 Å². The summed E-state index contributed by atoms with van der Waals surface area (Å²) in [5.41, 5.74) is 6.69. The molecule has 0 radical (unpaired) electrons. The van der Waals surface area contributed by atoms with Crippen molar-refractivity contribution in [1.29, 1.82) is 0 Å².